The minimum absolute atomic E-state index is 0.0844. The van der Waals surface area contributed by atoms with E-state index in [0.29, 0.717) is 83.7 Å². The number of benzene rings is 2. The second-order valence-electron chi connectivity index (χ2n) is 19.2. The van der Waals surface area contributed by atoms with E-state index >= 15 is 0 Å². The Bertz CT molecular complexity index is 2870. The van der Waals surface area contributed by atoms with Crippen LogP contribution < -0.4 is 31.7 Å². The summed E-state index contributed by atoms with van der Waals surface area (Å²) in [6, 6.07) is 8.38. The van der Waals surface area contributed by atoms with Crippen molar-refractivity contribution in [3.63, 3.8) is 0 Å². The Balaban J connectivity index is 0.991. The first kappa shape index (κ1) is 47.0. The molecule has 1 saturated heterocycles. The molecule has 1 unspecified atom stereocenters. The van der Waals surface area contributed by atoms with Gasteiger partial charge in [0.05, 0.1) is 5.75 Å². The van der Waals surface area contributed by atoms with E-state index in [0.717, 1.165) is 43.1 Å². The fourth-order valence-electron chi connectivity index (χ4n) is 9.36. The molecule has 6 amide bonds. The molecule has 1 atom stereocenters. The Morgan fingerprint density at radius 1 is 0.851 bits per heavy atom. The van der Waals surface area contributed by atoms with Crippen LogP contribution in [0.3, 0.4) is 0 Å². The molecule has 0 radical (unpaired) electrons. The van der Waals surface area contributed by atoms with Crippen molar-refractivity contribution in [1.29, 1.82) is 0 Å². The summed E-state index contributed by atoms with van der Waals surface area (Å²) in [5.74, 6) is -1.94. The number of ether oxygens (including phenoxy) is 1. The number of H-pyrrole nitrogens is 1. The number of fused-ring (bicyclic) bond motifs is 3. The number of aryl methyl sites for hydroxylation is 2. The van der Waals surface area contributed by atoms with E-state index in [4.69, 9.17) is 4.74 Å². The van der Waals surface area contributed by atoms with Gasteiger partial charge in [0.2, 0.25) is 11.8 Å². The van der Waals surface area contributed by atoms with Crippen molar-refractivity contribution in [2.24, 2.45) is 13.0 Å². The van der Waals surface area contributed by atoms with Crippen molar-refractivity contribution in [3.05, 3.63) is 86.0 Å². The Kier molecular flexibility index (Phi) is 13.1. The highest BCUT2D eigenvalue weighted by Crippen LogP contribution is 2.45. The lowest BCUT2D eigenvalue weighted by Gasteiger charge is -2.29. The smallest absolute Gasteiger partial charge is 0.407 e. The zero-order valence-corrected chi connectivity index (χ0v) is 39.4. The van der Waals surface area contributed by atoms with Crippen LogP contribution in [-0.4, -0.2) is 103 Å². The third kappa shape index (κ3) is 10.4. The minimum atomic E-state index is -3.63. The molecule has 4 aliphatic rings. The fraction of sp³-hybridized carbons (Fsp3) is 0.479. The van der Waals surface area contributed by atoms with E-state index in [1.165, 1.54) is 4.57 Å². The number of aromatic amines is 1. The molecule has 5 N–H and O–H groups in total. The summed E-state index contributed by atoms with van der Waals surface area (Å²) in [6.45, 7) is 6.89. The largest absolute Gasteiger partial charge is 0.444 e. The predicted octanol–water partition coefficient (Wildman–Crippen LogP) is 3.97. The molecule has 2 aromatic heterocycles. The number of pyridine rings is 1. The first-order valence-corrected chi connectivity index (χ1v) is 24.9. The van der Waals surface area contributed by atoms with Crippen LogP contribution in [0.15, 0.2) is 41.3 Å². The van der Waals surface area contributed by atoms with Gasteiger partial charge in [-0.15, -0.1) is 0 Å². The molecule has 2 fully saturated rings. The highest BCUT2D eigenvalue weighted by molar-refractivity contribution is 7.89. The monoisotopic (exact) mass is 938 g/mol. The SMILES string of the molecule is Cn1cc2c3c(c(C(=O)NCCNC(=O)OC(C)(C)C)[nH]c3c1=O)CN(CC1CC1)c1cc(C(=O)NCCCCCc3cccc4c3CN(C3CCC(=O)NC3=O)C4=O)c(CS(C)(=O)=O)cc1-2. The number of nitrogens with zero attached hydrogens (tertiary/aromatic N) is 3. The van der Waals surface area contributed by atoms with Crippen LogP contribution in [0, 0.1) is 5.92 Å². The second-order valence-corrected chi connectivity index (χ2v) is 21.3. The number of nitrogens with one attached hydrogen (secondary N) is 5. The van der Waals surface area contributed by atoms with Gasteiger partial charge in [0, 0.05) is 104 Å². The molecular weight excluding hydrogens is 881 g/mol. The van der Waals surface area contributed by atoms with Crippen molar-refractivity contribution >= 4 is 62.1 Å². The topological polar surface area (TPSA) is 238 Å². The molecule has 4 aromatic rings. The summed E-state index contributed by atoms with van der Waals surface area (Å²) in [6.07, 6.45) is 7.51. The summed E-state index contributed by atoms with van der Waals surface area (Å²) in [5.41, 5.74) is 4.89. The van der Waals surface area contributed by atoms with Crippen LogP contribution in [0.4, 0.5) is 10.5 Å². The third-order valence-corrected chi connectivity index (χ3v) is 13.5. The first-order valence-electron chi connectivity index (χ1n) is 22.9. The van der Waals surface area contributed by atoms with Crippen LogP contribution in [0.2, 0.25) is 0 Å². The van der Waals surface area contributed by atoms with Gasteiger partial charge in [0.1, 0.15) is 22.9 Å². The summed E-state index contributed by atoms with van der Waals surface area (Å²) >= 11 is 0. The Hall–Kier alpha value is -6.50. The van der Waals surface area contributed by atoms with Crippen molar-refractivity contribution < 1.29 is 41.9 Å². The Morgan fingerprint density at radius 3 is 2.31 bits per heavy atom. The minimum Gasteiger partial charge on any atom is -0.444 e. The first-order chi connectivity index (χ1) is 31.8. The highest BCUT2D eigenvalue weighted by atomic mass is 32.2. The lowest BCUT2D eigenvalue weighted by atomic mass is 9.95. The van der Waals surface area contributed by atoms with Crippen LogP contribution in [0.25, 0.3) is 22.0 Å². The van der Waals surface area contributed by atoms with Gasteiger partial charge < -0.3 is 40.0 Å². The normalized spacial score (nSPS) is 16.9. The number of anilines is 1. The molecule has 5 heterocycles. The molecular formula is C48H58N8O10S. The average Bonchev–Trinajstić information content (AvgIpc) is 3.92. The number of aromatic nitrogens is 2. The van der Waals surface area contributed by atoms with E-state index < -0.39 is 51.0 Å². The molecule has 0 bridgehead atoms. The molecule has 67 heavy (non-hydrogen) atoms. The van der Waals surface area contributed by atoms with E-state index in [1.807, 2.05) is 12.1 Å². The summed E-state index contributed by atoms with van der Waals surface area (Å²) in [4.78, 5) is 98.3. The molecule has 1 aliphatic carbocycles. The maximum atomic E-state index is 14.2. The van der Waals surface area contributed by atoms with Gasteiger partial charge in [-0.3, -0.25) is 34.1 Å². The molecule has 3 aliphatic heterocycles. The Morgan fingerprint density at radius 2 is 1.60 bits per heavy atom. The highest BCUT2D eigenvalue weighted by Gasteiger charge is 2.40. The van der Waals surface area contributed by atoms with Crippen molar-refractivity contribution in [1.82, 2.24) is 35.7 Å². The fourth-order valence-corrected chi connectivity index (χ4v) is 10.2. The van der Waals surface area contributed by atoms with E-state index in [-0.39, 0.29) is 60.2 Å². The van der Waals surface area contributed by atoms with Crippen LogP contribution in [-0.2, 0) is 56.5 Å². The van der Waals surface area contributed by atoms with Crippen molar-refractivity contribution in [3.8, 4) is 11.1 Å². The van der Waals surface area contributed by atoms with Gasteiger partial charge in [0.25, 0.3) is 23.3 Å². The van der Waals surface area contributed by atoms with Gasteiger partial charge in [0.15, 0.2) is 9.84 Å². The second kappa shape index (κ2) is 18.6. The zero-order valence-electron chi connectivity index (χ0n) is 38.6. The summed E-state index contributed by atoms with van der Waals surface area (Å²) in [7, 11) is -2.02. The predicted molar refractivity (Wildman–Crippen MR) is 250 cm³/mol. The van der Waals surface area contributed by atoms with Gasteiger partial charge in [-0.2, -0.15) is 0 Å². The number of rotatable bonds is 16. The maximum absolute atomic E-state index is 14.2. The third-order valence-electron chi connectivity index (χ3n) is 12.7. The quantitative estimate of drug-likeness (QED) is 0.0796. The van der Waals surface area contributed by atoms with Crippen LogP contribution >= 0.6 is 0 Å². The van der Waals surface area contributed by atoms with Crippen LogP contribution in [0.5, 0.6) is 0 Å². The number of sulfone groups is 1. The standard InChI is InChI=1S/C48H58N8O10S/c1-48(2,3)66-47(63)51-19-18-50-44(60)40-35-24-55(22-27-13-14-27)37-21-31(29(26-67(5,64)65)20-32(37)34-23-54(4)46(62)41(53-40)39(34)35)42(58)49-17-8-6-7-10-28-11-9-12-30-33(28)25-56(45(30)61)36-15-16-38(57)52-43(36)59/h9,11-12,20-21,23,27,36,53H,6-8,10,13-19,22,24-26H2,1-5H3,(H,49,58)(H,50,60)(H,51,63)(H,52,57,59). The average molecular weight is 939 g/mol. The van der Waals surface area contributed by atoms with Gasteiger partial charge >= 0.3 is 6.09 Å². The van der Waals surface area contributed by atoms with E-state index in [2.05, 4.69) is 31.2 Å². The number of imide groups is 1. The number of piperidine rings is 1. The number of hydrogen-bond acceptors (Lipinski definition) is 11. The molecule has 0 spiro atoms. The van der Waals surface area contributed by atoms with E-state index in [9.17, 15) is 42.0 Å². The maximum Gasteiger partial charge on any atom is 0.407 e. The summed E-state index contributed by atoms with van der Waals surface area (Å²) in [5, 5.41) is 11.4. The number of amides is 6. The molecule has 2 aromatic carbocycles. The molecule has 18 nitrogen and oxygen atoms in total. The van der Waals surface area contributed by atoms with Crippen molar-refractivity contribution in [2.75, 3.05) is 37.3 Å². The number of alkyl carbamates (subject to hydrolysis) is 1. The molecule has 19 heteroatoms. The zero-order chi connectivity index (χ0) is 47.9. The van der Waals surface area contributed by atoms with Gasteiger partial charge in [-0.05, 0) is 100 Å². The number of carbonyl (C=O) groups is 6. The van der Waals surface area contributed by atoms with Crippen LogP contribution in [0.1, 0.15) is 119 Å². The lowest BCUT2D eigenvalue weighted by Crippen LogP contribution is -2.52. The Labute approximate surface area is 388 Å². The number of unbranched alkanes of at least 4 members (excludes halogenated alkanes) is 2. The van der Waals surface area contributed by atoms with E-state index in [1.54, 1.807) is 57.1 Å². The molecule has 8 rings (SSSR count). The number of hydrogen-bond donors (Lipinski definition) is 5. The molecule has 356 valence electrons. The van der Waals surface area contributed by atoms with Gasteiger partial charge in [-0.1, -0.05) is 18.6 Å². The lowest BCUT2D eigenvalue weighted by molar-refractivity contribution is -0.136. The number of carbonyl (C=O) groups excluding carboxylic acids is 6. The van der Waals surface area contributed by atoms with Gasteiger partial charge in [-0.25, -0.2) is 13.2 Å². The summed E-state index contributed by atoms with van der Waals surface area (Å²) < 4.78 is 32.6. The van der Waals surface area contributed by atoms with Crippen molar-refractivity contribution in [2.45, 2.75) is 103 Å². The molecule has 1 saturated carbocycles.